The van der Waals surface area contributed by atoms with Crippen molar-refractivity contribution in [1.82, 2.24) is 4.90 Å². The van der Waals surface area contributed by atoms with Crippen molar-refractivity contribution in [2.75, 3.05) is 19.9 Å². The zero-order valence-corrected chi connectivity index (χ0v) is 21.0. The second-order valence-corrected chi connectivity index (χ2v) is 10.5. The van der Waals surface area contributed by atoms with Gasteiger partial charge >= 0.3 is 0 Å². The van der Waals surface area contributed by atoms with Crippen LogP contribution in [0.15, 0.2) is 60.7 Å². The molecule has 190 valence electrons. The molecule has 0 atom stereocenters. The summed E-state index contributed by atoms with van der Waals surface area (Å²) in [5, 5.41) is 9.72. The number of nitrogens with zero attached hydrogens (tertiary/aromatic N) is 1. The van der Waals surface area contributed by atoms with Crippen LogP contribution in [-0.4, -0.2) is 47.7 Å². The van der Waals surface area contributed by atoms with Gasteiger partial charge in [0, 0.05) is 25.1 Å². The zero-order chi connectivity index (χ0) is 25.6. The van der Waals surface area contributed by atoms with Gasteiger partial charge in [0.05, 0.1) is 11.5 Å². The molecule has 0 aromatic heterocycles. The van der Waals surface area contributed by atoms with Crippen molar-refractivity contribution in [2.24, 2.45) is 0 Å². The number of hydrogen-bond acceptors (Lipinski definition) is 5. The maximum atomic E-state index is 13.5. The molecule has 2 heterocycles. The number of fused-ring (bicyclic) bond motifs is 1. The van der Waals surface area contributed by atoms with Crippen LogP contribution >= 0.6 is 0 Å². The molecule has 1 saturated heterocycles. The van der Waals surface area contributed by atoms with Crippen molar-refractivity contribution in [3.05, 3.63) is 82.9 Å². The number of piperidine rings is 1. The van der Waals surface area contributed by atoms with Crippen molar-refractivity contribution in [2.45, 2.75) is 50.5 Å². The Kier molecular flexibility index (Phi) is 6.00. The Hall–Kier alpha value is -3.64. The number of ether oxygens (including phenoxy) is 2. The molecule has 6 heteroatoms. The summed E-state index contributed by atoms with van der Waals surface area (Å²) in [4.78, 5) is 28.2. The van der Waals surface area contributed by atoms with E-state index in [1.807, 2.05) is 53.4 Å². The highest BCUT2D eigenvalue weighted by molar-refractivity contribution is 5.96. The highest BCUT2D eigenvalue weighted by Crippen LogP contribution is 2.51. The fraction of sp³-hybridized carbons (Fsp3) is 0.355. The number of aryl methyl sites for hydroxylation is 1. The minimum absolute atomic E-state index is 0.00719. The molecule has 1 saturated carbocycles. The highest BCUT2D eigenvalue weighted by Gasteiger charge is 2.50. The van der Waals surface area contributed by atoms with Crippen molar-refractivity contribution in [3.63, 3.8) is 0 Å². The van der Waals surface area contributed by atoms with Crippen LogP contribution in [0.4, 0.5) is 0 Å². The van der Waals surface area contributed by atoms with E-state index in [4.69, 9.17) is 9.47 Å². The van der Waals surface area contributed by atoms with Crippen LogP contribution < -0.4 is 9.47 Å². The van der Waals surface area contributed by atoms with Gasteiger partial charge in [0.15, 0.2) is 11.5 Å². The number of rotatable bonds is 6. The van der Waals surface area contributed by atoms with Gasteiger partial charge in [0.1, 0.15) is 5.78 Å². The highest BCUT2D eigenvalue weighted by atomic mass is 16.7. The molecule has 1 aliphatic carbocycles. The molecule has 0 radical (unpaired) electrons. The molecule has 0 unspecified atom stereocenters. The Bertz CT molecular complexity index is 1350. The normalized spacial score (nSPS) is 18.1. The number of carbonyl (C=O) groups is 2. The number of carbonyl (C=O) groups excluding carboxylic acids is 2. The van der Waals surface area contributed by atoms with Crippen LogP contribution in [0.3, 0.4) is 0 Å². The number of aliphatic hydroxyl groups excluding tert-OH is 1. The van der Waals surface area contributed by atoms with Crippen molar-refractivity contribution < 1.29 is 24.2 Å². The summed E-state index contributed by atoms with van der Waals surface area (Å²) in [6.45, 7) is 3.47. The molecule has 1 N–H and O–H groups in total. The predicted molar refractivity (Wildman–Crippen MR) is 140 cm³/mol. The van der Waals surface area contributed by atoms with Crippen LogP contribution in [0, 0.1) is 6.92 Å². The molecule has 6 nitrogen and oxygen atoms in total. The fourth-order valence-corrected chi connectivity index (χ4v) is 5.54. The standard InChI is InChI=1S/C31H31NO5/c1-20-2-3-21(17-29(34)31(12-13-31)24-8-9-27-28(18-24)37-19-36-27)16-26(20)22-4-6-23(7-5-22)30(35)32-14-10-25(33)11-15-32/h2-9,16,18,25,33H,10-15,17,19H2,1H3. The topological polar surface area (TPSA) is 76.1 Å². The molecule has 3 aromatic rings. The van der Waals surface area contributed by atoms with E-state index in [2.05, 4.69) is 19.1 Å². The largest absolute Gasteiger partial charge is 0.454 e. The zero-order valence-electron chi connectivity index (χ0n) is 21.0. The summed E-state index contributed by atoms with van der Waals surface area (Å²) in [6.07, 6.45) is 3.04. The molecular weight excluding hydrogens is 466 g/mol. The maximum absolute atomic E-state index is 13.5. The Morgan fingerprint density at radius 3 is 2.41 bits per heavy atom. The quantitative estimate of drug-likeness (QED) is 0.528. The monoisotopic (exact) mass is 497 g/mol. The first-order valence-electron chi connectivity index (χ1n) is 13.0. The minimum atomic E-state index is -0.432. The van der Waals surface area contributed by atoms with E-state index < -0.39 is 5.41 Å². The first-order chi connectivity index (χ1) is 17.9. The average Bonchev–Trinajstić information content (AvgIpc) is 3.60. The number of likely N-dealkylation sites (tertiary alicyclic amines) is 1. The Morgan fingerprint density at radius 1 is 0.946 bits per heavy atom. The van der Waals surface area contributed by atoms with E-state index in [0.717, 1.165) is 46.4 Å². The van der Waals surface area contributed by atoms with E-state index in [9.17, 15) is 14.7 Å². The summed E-state index contributed by atoms with van der Waals surface area (Å²) in [7, 11) is 0. The lowest BCUT2D eigenvalue weighted by molar-refractivity contribution is -0.120. The average molecular weight is 498 g/mol. The van der Waals surface area contributed by atoms with Gasteiger partial charge in [-0.05, 0) is 84.7 Å². The van der Waals surface area contributed by atoms with Crippen LogP contribution in [0.2, 0.25) is 0 Å². The Labute approximate surface area is 216 Å². The van der Waals surface area contributed by atoms with Gasteiger partial charge in [-0.3, -0.25) is 9.59 Å². The summed E-state index contributed by atoms with van der Waals surface area (Å²) in [5.41, 5.74) is 5.44. The molecular formula is C31H31NO5. The molecule has 2 aliphatic heterocycles. The summed E-state index contributed by atoms with van der Waals surface area (Å²) < 4.78 is 11.0. The number of benzene rings is 3. The van der Waals surface area contributed by atoms with E-state index in [1.165, 1.54) is 0 Å². The van der Waals surface area contributed by atoms with Gasteiger partial charge < -0.3 is 19.5 Å². The molecule has 0 spiro atoms. The lowest BCUT2D eigenvalue weighted by atomic mass is 9.87. The number of amides is 1. The summed E-state index contributed by atoms with van der Waals surface area (Å²) >= 11 is 0. The Balaban J connectivity index is 1.18. The number of ketones is 1. The molecule has 0 bridgehead atoms. The van der Waals surface area contributed by atoms with Gasteiger partial charge in [-0.25, -0.2) is 0 Å². The maximum Gasteiger partial charge on any atom is 0.253 e. The van der Waals surface area contributed by atoms with Crippen molar-refractivity contribution >= 4 is 11.7 Å². The molecule has 6 rings (SSSR count). The smallest absolute Gasteiger partial charge is 0.253 e. The van der Waals surface area contributed by atoms with Gasteiger partial charge in [0.25, 0.3) is 5.91 Å². The van der Waals surface area contributed by atoms with Crippen molar-refractivity contribution in [1.29, 1.82) is 0 Å². The van der Waals surface area contributed by atoms with Gasteiger partial charge in [-0.2, -0.15) is 0 Å². The SMILES string of the molecule is Cc1ccc(CC(=O)C2(c3ccc4c(c3)OCO4)CC2)cc1-c1ccc(C(=O)N2CCC(O)CC2)cc1. The number of hydrogen-bond donors (Lipinski definition) is 1. The van der Waals surface area contributed by atoms with E-state index in [-0.39, 0.29) is 24.6 Å². The molecule has 37 heavy (non-hydrogen) atoms. The van der Waals surface area contributed by atoms with Gasteiger partial charge in [0.2, 0.25) is 6.79 Å². The second kappa shape index (κ2) is 9.34. The lowest BCUT2D eigenvalue weighted by Crippen LogP contribution is -2.40. The van der Waals surface area contributed by atoms with Gasteiger partial charge in [-0.1, -0.05) is 36.4 Å². The van der Waals surface area contributed by atoms with Gasteiger partial charge in [-0.15, -0.1) is 0 Å². The third-order valence-corrected chi connectivity index (χ3v) is 8.07. The minimum Gasteiger partial charge on any atom is -0.454 e. The molecule has 3 aromatic carbocycles. The predicted octanol–water partition coefficient (Wildman–Crippen LogP) is 4.83. The summed E-state index contributed by atoms with van der Waals surface area (Å²) in [6, 6.07) is 19.8. The van der Waals surface area contributed by atoms with E-state index in [0.29, 0.717) is 43.7 Å². The van der Waals surface area contributed by atoms with Crippen LogP contribution in [0.25, 0.3) is 11.1 Å². The van der Waals surface area contributed by atoms with Crippen molar-refractivity contribution in [3.8, 4) is 22.6 Å². The van der Waals surface area contributed by atoms with E-state index in [1.54, 1.807) is 0 Å². The first-order valence-corrected chi connectivity index (χ1v) is 13.0. The number of Topliss-reactive ketones (excluding diaryl/α,β-unsaturated/α-hetero) is 1. The molecule has 1 amide bonds. The van der Waals surface area contributed by atoms with Crippen LogP contribution in [-0.2, 0) is 16.6 Å². The first kappa shape index (κ1) is 23.7. The molecule has 3 aliphatic rings. The summed E-state index contributed by atoms with van der Waals surface area (Å²) in [5.74, 6) is 1.69. The van der Waals surface area contributed by atoms with Crippen LogP contribution in [0.1, 0.15) is 52.7 Å². The lowest BCUT2D eigenvalue weighted by Gasteiger charge is -2.29. The second-order valence-electron chi connectivity index (χ2n) is 10.5. The Morgan fingerprint density at radius 2 is 1.68 bits per heavy atom. The van der Waals surface area contributed by atoms with Crippen LogP contribution in [0.5, 0.6) is 11.5 Å². The molecule has 2 fully saturated rings. The third-order valence-electron chi connectivity index (χ3n) is 8.07. The third kappa shape index (κ3) is 4.51. The van der Waals surface area contributed by atoms with E-state index >= 15 is 0 Å². The number of aliphatic hydroxyl groups is 1. The fourth-order valence-electron chi connectivity index (χ4n) is 5.54.